The van der Waals surface area contributed by atoms with Crippen molar-refractivity contribution in [1.29, 1.82) is 0 Å². The summed E-state index contributed by atoms with van der Waals surface area (Å²) in [6.45, 7) is -1.23. The molecular formula is C9H8F2N4O2. The average molecular weight is 242 g/mol. The summed E-state index contributed by atoms with van der Waals surface area (Å²) in [6, 6.07) is 3.58. The summed E-state index contributed by atoms with van der Waals surface area (Å²) in [5, 5.41) is 11.1. The third-order valence-electron chi connectivity index (χ3n) is 1.84. The Hall–Kier alpha value is -2.34. The second-order valence-electron chi connectivity index (χ2n) is 3.06. The van der Waals surface area contributed by atoms with Gasteiger partial charge < -0.3 is 5.11 Å². The Bertz CT molecular complexity index is 446. The van der Waals surface area contributed by atoms with Crippen LogP contribution < -0.4 is 4.90 Å². The lowest BCUT2D eigenvalue weighted by molar-refractivity contribution is 0.0168. The molecule has 1 aromatic rings. The number of carboxylic acid groups (broad SMARTS) is 1. The van der Waals surface area contributed by atoms with Crippen LogP contribution in [0.2, 0.25) is 0 Å². The number of hydrogen-bond acceptors (Lipinski definition) is 2. The van der Waals surface area contributed by atoms with Crippen molar-refractivity contribution in [2.24, 2.45) is 5.11 Å². The van der Waals surface area contributed by atoms with Crippen LogP contribution in [0.25, 0.3) is 10.4 Å². The first-order chi connectivity index (χ1) is 7.96. The number of amides is 1. The highest BCUT2D eigenvalue weighted by molar-refractivity contribution is 5.86. The Labute approximate surface area is 94.7 Å². The predicted molar refractivity (Wildman–Crippen MR) is 55.9 cm³/mol. The number of para-hydroxylation sites is 1. The van der Waals surface area contributed by atoms with Crippen molar-refractivity contribution in [2.75, 3.05) is 11.4 Å². The molecule has 8 heteroatoms. The molecule has 0 aliphatic heterocycles. The van der Waals surface area contributed by atoms with Crippen molar-refractivity contribution in [3.05, 3.63) is 40.8 Å². The summed E-state index contributed by atoms with van der Waals surface area (Å²) in [7, 11) is 0. The van der Waals surface area contributed by atoms with E-state index in [1.807, 2.05) is 4.91 Å². The zero-order valence-electron chi connectivity index (χ0n) is 8.49. The van der Waals surface area contributed by atoms with Crippen molar-refractivity contribution in [3.63, 3.8) is 0 Å². The minimum Gasteiger partial charge on any atom is -0.465 e. The third-order valence-corrected chi connectivity index (χ3v) is 1.84. The molecule has 6 nitrogen and oxygen atoms in total. The van der Waals surface area contributed by atoms with Gasteiger partial charge in [0.25, 0.3) is 0 Å². The number of nitrogens with zero attached hydrogens (tertiary/aromatic N) is 4. The molecule has 0 bridgehead atoms. The zero-order valence-corrected chi connectivity index (χ0v) is 8.49. The number of hydrogen-bond donors (Lipinski definition) is 1. The van der Waals surface area contributed by atoms with Gasteiger partial charge in [0.1, 0.15) is 0 Å². The van der Waals surface area contributed by atoms with Crippen LogP contribution in [0, 0.1) is 0 Å². The minimum absolute atomic E-state index is 0.0767. The molecule has 0 unspecified atom stereocenters. The van der Waals surface area contributed by atoms with E-state index in [4.69, 9.17) is 10.6 Å². The number of anilines is 1. The van der Waals surface area contributed by atoms with Gasteiger partial charge in [-0.05, 0) is 22.8 Å². The van der Waals surface area contributed by atoms with Crippen LogP contribution in [0.4, 0.5) is 19.3 Å². The van der Waals surface area contributed by atoms with Crippen molar-refractivity contribution in [3.8, 4) is 0 Å². The van der Waals surface area contributed by atoms with Gasteiger partial charge in [0.15, 0.2) is 0 Å². The van der Waals surface area contributed by atoms with Gasteiger partial charge in [-0.3, -0.25) is 4.90 Å². The van der Waals surface area contributed by atoms with Crippen molar-refractivity contribution < 1.29 is 18.7 Å². The second-order valence-corrected chi connectivity index (χ2v) is 3.06. The van der Waals surface area contributed by atoms with E-state index in [9.17, 15) is 13.6 Å². The van der Waals surface area contributed by atoms with E-state index in [0.29, 0.717) is 4.90 Å². The van der Waals surface area contributed by atoms with Gasteiger partial charge in [0.05, 0.1) is 6.54 Å². The SMILES string of the molecule is [N-]=[N+]=NC(F)(F)CN(C(=O)O)c1ccccc1. The van der Waals surface area contributed by atoms with E-state index in [0.717, 1.165) is 0 Å². The number of carbonyl (C=O) groups is 1. The molecule has 1 N–H and O–H groups in total. The highest BCUT2D eigenvalue weighted by Gasteiger charge is 2.33. The standard InChI is InChI=1S/C9H8F2N4O2/c10-9(11,13-14-12)6-15(8(16)17)7-4-2-1-3-5-7/h1-5H,6H2,(H,16,17). The number of benzene rings is 1. The first-order valence-electron chi connectivity index (χ1n) is 4.46. The molecule has 0 saturated carbocycles. The Kier molecular flexibility index (Phi) is 3.84. The molecule has 1 aromatic carbocycles. The fourth-order valence-electron chi connectivity index (χ4n) is 1.16. The summed E-state index contributed by atoms with van der Waals surface area (Å²) < 4.78 is 26.0. The summed E-state index contributed by atoms with van der Waals surface area (Å²) in [6.07, 6.45) is -1.55. The fourth-order valence-corrected chi connectivity index (χ4v) is 1.16. The van der Waals surface area contributed by atoms with Gasteiger partial charge in [0, 0.05) is 10.6 Å². The molecule has 0 aliphatic rings. The van der Waals surface area contributed by atoms with Gasteiger partial charge in [0.2, 0.25) is 0 Å². The van der Waals surface area contributed by atoms with Gasteiger partial charge in [-0.15, -0.1) is 0 Å². The highest BCUT2D eigenvalue weighted by atomic mass is 19.3. The summed E-state index contributed by atoms with van der Waals surface area (Å²) in [4.78, 5) is 13.2. The predicted octanol–water partition coefficient (Wildman–Crippen LogP) is 3.07. The van der Waals surface area contributed by atoms with Crippen LogP contribution in [0.5, 0.6) is 0 Å². The van der Waals surface area contributed by atoms with Crippen molar-refractivity contribution >= 4 is 11.8 Å². The Morgan fingerprint density at radius 3 is 2.53 bits per heavy atom. The van der Waals surface area contributed by atoms with E-state index < -0.39 is 18.7 Å². The van der Waals surface area contributed by atoms with E-state index in [1.54, 1.807) is 6.07 Å². The second kappa shape index (κ2) is 5.13. The molecular weight excluding hydrogens is 234 g/mol. The van der Waals surface area contributed by atoms with Gasteiger partial charge >= 0.3 is 12.1 Å². The quantitative estimate of drug-likeness (QED) is 0.380. The molecule has 0 aliphatic carbocycles. The molecule has 0 aromatic heterocycles. The third kappa shape index (κ3) is 3.62. The zero-order chi connectivity index (χ0) is 12.9. The van der Waals surface area contributed by atoms with Crippen LogP contribution in [0.1, 0.15) is 0 Å². The molecule has 0 spiro atoms. The van der Waals surface area contributed by atoms with Crippen LogP contribution in [-0.2, 0) is 0 Å². The van der Waals surface area contributed by atoms with E-state index in [-0.39, 0.29) is 5.69 Å². The Morgan fingerprint density at radius 2 is 2.06 bits per heavy atom. The van der Waals surface area contributed by atoms with Crippen LogP contribution in [0.3, 0.4) is 0 Å². The number of alkyl halides is 2. The van der Waals surface area contributed by atoms with Crippen molar-refractivity contribution in [1.82, 2.24) is 0 Å². The van der Waals surface area contributed by atoms with Gasteiger partial charge in [-0.1, -0.05) is 18.2 Å². The van der Waals surface area contributed by atoms with E-state index in [1.165, 1.54) is 24.3 Å². The monoisotopic (exact) mass is 242 g/mol. The molecule has 1 rings (SSSR count). The van der Waals surface area contributed by atoms with E-state index in [2.05, 4.69) is 5.11 Å². The lowest BCUT2D eigenvalue weighted by Gasteiger charge is -2.22. The summed E-state index contributed by atoms with van der Waals surface area (Å²) >= 11 is 0. The molecule has 90 valence electrons. The van der Waals surface area contributed by atoms with Gasteiger partial charge in [-0.2, -0.15) is 8.78 Å². The first kappa shape index (κ1) is 12.7. The van der Waals surface area contributed by atoms with Crippen LogP contribution in [-0.4, -0.2) is 23.8 Å². The average Bonchev–Trinajstić information content (AvgIpc) is 2.27. The maximum absolute atomic E-state index is 13.0. The number of halogens is 2. The number of rotatable bonds is 4. The highest BCUT2D eigenvalue weighted by Crippen LogP contribution is 2.22. The Morgan fingerprint density at radius 1 is 1.47 bits per heavy atom. The molecule has 17 heavy (non-hydrogen) atoms. The Balaban J connectivity index is 2.97. The molecule has 0 atom stereocenters. The van der Waals surface area contributed by atoms with Crippen LogP contribution in [0.15, 0.2) is 35.4 Å². The number of azide groups is 1. The molecule has 0 saturated heterocycles. The molecule has 0 radical (unpaired) electrons. The minimum atomic E-state index is -3.79. The summed E-state index contributed by atoms with van der Waals surface area (Å²) in [5.74, 6) is 0. The first-order valence-corrected chi connectivity index (χ1v) is 4.46. The fraction of sp³-hybridized carbons (Fsp3) is 0.222. The molecule has 0 heterocycles. The smallest absolute Gasteiger partial charge is 0.412 e. The summed E-state index contributed by atoms with van der Waals surface area (Å²) in [5.41, 5.74) is 8.01. The maximum atomic E-state index is 13.0. The van der Waals surface area contributed by atoms with Crippen LogP contribution >= 0.6 is 0 Å². The molecule has 1 amide bonds. The van der Waals surface area contributed by atoms with Gasteiger partial charge in [-0.25, -0.2) is 4.79 Å². The lowest BCUT2D eigenvalue weighted by Crippen LogP contribution is -2.39. The largest absolute Gasteiger partial charge is 0.465 e. The van der Waals surface area contributed by atoms with E-state index >= 15 is 0 Å². The van der Waals surface area contributed by atoms with Crippen molar-refractivity contribution in [2.45, 2.75) is 6.05 Å². The lowest BCUT2D eigenvalue weighted by atomic mass is 10.3. The maximum Gasteiger partial charge on any atom is 0.412 e. The normalized spacial score (nSPS) is 10.5. The molecule has 0 fully saturated rings. The topological polar surface area (TPSA) is 89.3 Å².